The van der Waals surface area contributed by atoms with E-state index < -0.39 is 18.5 Å². The molecule has 2 aromatic rings. The Bertz CT molecular complexity index is 937. The SMILES string of the molecule is CCc1ccccc1N1C(=O)S/C(=C/c2ccccc2OCC(=O)O)C1=O. The summed E-state index contributed by atoms with van der Waals surface area (Å²) in [5.41, 5.74) is 2.03. The van der Waals surface area contributed by atoms with Crippen LogP contribution >= 0.6 is 11.8 Å². The maximum atomic E-state index is 12.8. The number of imide groups is 1. The van der Waals surface area contributed by atoms with E-state index in [2.05, 4.69) is 0 Å². The molecule has 0 radical (unpaired) electrons. The van der Waals surface area contributed by atoms with Crippen molar-refractivity contribution in [2.75, 3.05) is 11.5 Å². The van der Waals surface area contributed by atoms with Crippen LogP contribution in [0.5, 0.6) is 5.75 Å². The smallest absolute Gasteiger partial charge is 0.341 e. The number of hydrogen-bond donors (Lipinski definition) is 1. The molecule has 1 saturated heterocycles. The van der Waals surface area contributed by atoms with Crippen molar-refractivity contribution in [2.24, 2.45) is 0 Å². The first-order valence-corrected chi connectivity index (χ1v) is 9.12. The molecule has 0 atom stereocenters. The van der Waals surface area contributed by atoms with Gasteiger partial charge in [0.15, 0.2) is 6.61 Å². The number of anilines is 1. The molecule has 138 valence electrons. The van der Waals surface area contributed by atoms with E-state index in [0.717, 1.165) is 17.3 Å². The summed E-state index contributed by atoms with van der Waals surface area (Å²) < 4.78 is 5.26. The number of rotatable bonds is 6. The van der Waals surface area contributed by atoms with Gasteiger partial charge in [0.1, 0.15) is 5.75 Å². The summed E-state index contributed by atoms with van der Waals surface area (Å²) in [6, 6.07) is 14.1. The predicted octanol–water partition coefficient (Wildman–Crippen LogP) is 3.95. The molecular weight excluding hydrogens is 366 g/mol. The molecule has 1 N–H and O–H groups in total. The van der Waals surface area contributed by atoms with E-state index in [4.69, 9.17) is 9.84 Å². The van der Waals surface area contributed by atoms with Crippen LogP contribution in [0.25, 0.3) is 6.08 Å². The second-order valence-electron chi connectivity index (χ2n) is 5.72. The monoisotopic (exact) mass is 383 g/mol. The quantitative estimate of drug-likeness (QED) is 0.761. The summed E-state index contributed by atoms with van der Waals surface area (Å²) in [5.74, 6) is -1.17. The van der Waals surface area contributed by atoms with Crippen LogP contribution in [0.15, 0.2) is 53.4 Å². The van der Waals surface area contributed by atoms with Gasteiger partial charge >= 0.3 is 5.97 Å². The van der Waals surface area contributed by atoms with Gasteiger partial charge in [-0.05, 0) is 42.0 Å². The van der Waals surface area contributed by atoms with Crippen molar-refractivity contribution in [1.29, 1.82) is 0 Å². The van der Waals surface area contributed by atoms with Gasteiger partial charge in [-0.25, -0.2) is 9.69 Å². The van der Waals surface area contributed by atoms with Crippen LogP contribution in [0.1, 0.15) is 18.1 Å². The number of amides is 2. The largest absolute Gasteiger partial charge is 0.481 e. The minimum absolute atomic E-state index is 0.261. The predicted molar refractivity (Wildman–Crippen MR) is 104 cm³/mol. The van der Waals surface area contributed by atoms with Crippen molar-refractivity contribution in [3.63, 3.8) is 0 Å². The number of carbonyl (C=O) groups is 3. The zero-order chi connectivity index (χ0) is 19.4. The Balaban J connectivity index is 1.93. The zero-order valence-electron chi connectivity index (χ0n) is 14.5. The average molecular weight is 383 g/mol. The summed E-state index contributed by atoms with van der Waals surface area (Å²) >= 11 is 0.850. The van der Waals surface area contributed by atoms with E-state index >= 15 is 0 Å². The molecule has 7 heteroatoms. The summed E-state index contributed by atoms with van der Waals surface area (Å²) in [6.07, 6.45) is 2.25. The number of thioether (sulfide) groups is 1. The molecular formula is C20H17NO5S. The zero-order valence-corrected chi connectivity index (χ0v) is 15.4. The second kappa shape index (κ2) is 8.09. The molecule has 0 spiro atoms. The highest BCUT2D eigenvalue weighted by Crippen LogP contribution is 2.38. The number of nitrogens with zero attached hydrogens (tertiary/aromatic N) is 1. The number of hydrogen-bond acceptors (Lipinski definition) is 5. The van der Waals surface area contributed by atoms with E-state index in [1.807, 2.05) is 19.1 Å². The van der Waals surface area contributed by atoms with Crippen molar-refractivity contribution in [3.8, 4) is 5.75 Å². The lowest BCUT2D eigenvalue weighted by molar-refractivity contribution is -0.139. The molecule has 1 fully saturated rings. The van der Waals surface area contributed by atoms with Crippen LogP contribution in [-0.2, 0) is 16.0 Å². The van der Waals surface area contributed by atoms with Gasteiger partial charge in [-0.2, -0.15) is 0 Å². The first-order valence-electron chi connectivity index (χ1n) is 8.30. The number of ether oxygens (including phenoxy) is 1. The highest BCUT2D eigenvalue weighted by Gasteiger charge is 2.37. The third-order valence-electron chi connectivity index (χ3n) is 3.96. The molecule has 6 nitrogen and oxygen atoms in total. The fourth-order valence-corrected chi connectivity index (χ4v) is 3.54. The first kappa shape index (κ1) is 18.7. The first-order chi connectivity index (χ1) is 13.0. The van der Waals surface area contributed by atoms with Crippen molar-refractivity contribution in [1.82, 2.24) is 0 Å². The number of carboxylic acids is 1. The molecule has 3 rings (SSSR count). The Morgan fingerprint density at radius 3 is 2.59 bits per heavy atom. The van der Waals surface area contributed by atoms with Crippen molar-refractivity contribution >= 4 is 40.6 Å². The summed E-state index contributed by atoms with van der Waals surface area (Å²) in [5, 5.41) is 8.42. The van der Waals surface area contributed by atoms with Gasteiger partial charge in [0.25, 0.3) is 11.1 Å². The van der Waals surface area contributed by atoms with E-state index in [0.29, 0.717) is 23.4 Å². The Morgan fingerprint density at radius 2 is 1.85 bits per heavy atom. The van der Waals surface area contributed by atoms with Gasteiger partial charge in [0.2, 0.25) is 0 Å². The third-order valence-corrected chi connectivity index (χ3v) is 4.83. The fourth-order valence-electron chi connectivity index (χ4n) is 2.72. The molecule has 1 heterocycles. The van der Waals surface area contributed by atoms with Crippen LogP contribution in [0.4, 0.5) is 10.5 Å². The molecule has 1 aliphatic heterocycles. The lowest BCUT2D eigenvalue weighted by Gasteiger charge is -2.16. The average Bonchev–Trinajstić information content (AvgIpc) is 2.94. The molecule has 2 aromatic carbocycles. The second-order valence-corrected chi connectivity index (χ2v) is 6.71. The lowest BCUT2D eigenvalue weighted by Crippen LogP contribution is -2.28. The van der Waals surface area contributed by atoms with Crippen molar-refractivity contribution in [2.45, 2.75) is 13.3 Å². The Kier molecular flexibility index (Phi) is 5.61. The molecule has 0 aliphatic carbocycles. The molecule has 0 aromatic heterocycles. The van der Waals surface area contributed by atoms with Crippen LogP contribution in [0, 0.1) is 0 Å². The molecule has 0 bridgehead atoms. The van der Waals surface area contributed by atoms with Gasteiger partial charge in [-0.1, -0.05) is 43.3 Å². The molecule has 27 heavy (non-hydrogen) atoms. The van der Waals surface area contributed by atoms with Crippen LogP contribution < -0.4 is 9.64 Å². The Labute approximate surface area is 160 Å². The number of carbonyl (C=O) groups excluding carboxylic acids is 2. The van der Waals surface area contributed by atoms with Crippen LogP contribution in [0.3, 0.4) is 0 Å². The summed E-state index contributed by atoms with van der Waals surface area (Å²) in [6.45, 7) is 1.47. The van der Waals surface area contributed by atoms with Gasteiger partial charge in [0.05, 0.1) is 10.6 Å². The normalized spacial score (nSPS) is 15.4. The Morgan fingerprint density at radius 1 is 1.15 bits per heavy atom. The number of para-hydroxylation sites is 2. The number of aliphatic carboxylic acids is 1. The van der Waals surface area contributed by atoms with Crippen molar-refractivity contribution < 1.29 is 24.2 Å². The summed E-state index contributed by atoms with van der Waals surface area (Å²) in [7, 11) is 0. The van der Waals surface area contributed by atoms with Gasteiger partial charge < -0.3 is 9.84 Å². The van der Waals surface area contributed by atoms with Gasteiger partial charge in [-0.3, -0.25) is 9.59 Å². The maximum absolute atomic E-state index is 12.8. The van der Waals surface area contributed by atoms with Gasteiger partial charge in [0, 0.05) is 5.56 Å². The number of aryl methyl sites for hydroxylation is 1. The molecule has 0 saturated carbocycles. The number of carboxylic acid groups (broad SMARTS) is 1. The topological polar surface area (TPSA) is 83.9 Å². The van der Waals surface area contributed by atoms with Crippen LogP contribution in [-0.4, -0.2) is 28.8 Å². The molecule has 1 aliphatic rings. The van der Waals surface area contributed by atoms with E-state index in [1.54, 1.807) is 42.5 Å². The highest BCUT2D eigenvalue weighted by atomic mass is 32.2. The fraction of sp³-hybridized carbons (Fsp3) is 0.150. The van der Waals surface area contributed by atoms with Crippen LogP contribution in [0.2, 0.25) is 0 Å². The molecule has 0 unspecified atom stereocenters. The van der Waals surface area contributed by atoms with Gasteiger partial charge in [-0.15, -0.1) is 0 Å². The standard InChI is InChI=1S/C20H17NO5S/c1-2-13-7-3-5-9-15(13)21-19(24)17(27-20(21)25)11-14-8-4-6-10-16(14)26-12-18(22)23/h3-11H,2,12H2,1H3,(H,22,23)/b17-11+. The minimum Gasteiger partial charge on any atom is -0.481 e. The maximum Gasteiger partial charge on any atom is 0.341 e. The van der Waals surface area contributed by atoms with E-state index in [-0.39, 0.29) is 10.1 Å². The third kappa shape index (κ3) is 4.03. The Hall–Kier alpha value is -3.06. The lowest BCUT2D eigenvalue weighted by atomic mass is 10.1. The van der Waals surface area contributed by atoms with E-state index in [9.17, 15) is 14.4 Å². The summed E-state index contributed by atoms with van der Waals surface area (Å²) in [4.78, 5) is 37.5. The molecule has 2 amide bonds. The van der Waals surface area contributed by atoms with E-state index in [1.165, 1.54) is 4.90 Å². The van der Waals surface area contributed by atoms with Crippen molar-refractivity contribution in [3.05, 3.63) is 64.6 Å². The minimum atomic E-state index is -1.10. The highest BCUT2D eigenvalue weighted by molar-refractivity contribution is 8.19. The number of benzene rings is 2.